The van der Waals surface area contributed by atoms with Gasteiger partial charge in [0.2, 0.25) is 0 Å². The molecule has 3 aromatic rings. The van der Waals surface area contributed by atoms with Gasteiger partial charge in [0.15, 0.2) is 0 Å². The molecule has 2 N–H and O–H groups in total. The smallest absolute Gasteiger partial charge is 0.124 e. The Morgan fingerprint density at radius 3 is 2.58 bits per heavy atom. The van der Waals surface area contributed by atoms with Crippen LogP contribution in [0.2, 0.25) is 5.02 Å². The van der Waals surface area contributed by atoms with E-state index in [-0.39, 0.29) is 0 Å². The normalized spacial score (nSPS) is 14.8. The lowest BCUT2D eigenvalue weighted by Crippen LogP contribution is -2.26. The number of aromatic nitrogens is 1. The van der Waals surface area contributed by atoms with Gasteiger partial charge in [0.05, 0.1) is 5.69 Å². The molecule has 4 nitrogen and oxygen atoms in total. The third-order valence-electron chi connectivity index (χ3n) is 4.72. The second-order valence-corrected chi connectivity index (χ2v) is 7.09. The number of anilines is 3. The summed E-state index contributed by atoms with van der Waals surface area (Å²) in [7, 11) is 2.15. The molecule has 4 rings (SSSR count). The van der Waals surface area contributed by atoms with Crippen LogP contribution in [0.1, 0.15) is 5.56 Å². The van der Waals surface area contributed by atoms with Gasteiger partial charge in [-0.05, 0) is 61.1 Å². The van der Waals surface area contributed by atoms with Crippen molar-refractivity contribution in [1.82, 2.24) is 9.88 Å². The lowest BCUT2D eigenvalue weighted by atomic mass is 10.0. The van der Waals surface area contributed by atoms with E-state index in [1.165, 1.54) is 11.3 Å². The Bertz CT molecular complexity index is 924. The van der Waals surface area contributed by atoms with Gasteiger partial charge in [-0.25, -0.2) is 4.98 Å². The minimum atomic E-state index is 0.539. The molecular formula is C21H21ClN4. The van der Waals surface area contributed by atoms with Crippen molar-refractivity contribution >= 4 is 28.8 Å². The zero-order chi connectivity index (χ0) is 18.1. The number of nitrogen functional groups attached to an aromatic ring is 1. The van der Waals surface area contributed by atoms with Crippen molar-refractivity contribution in [3.8, 4) is 11.3 Å². The minimum Gasteiger partial charge on any atom is -0.384 e. The number of likely N-dealkylation sites (N-methyl/N-ethyl adjacent to an activating group) is 1. The van der Waals surface area contributed by atoms with Crippen LogP contribution >= 0.6 is 11.6 Å². The first kappa shape index (κ1) is 16.9. The molecular weight excluding hydrogens is 344 g/mol. The molecule has 0 spiro atoms. The fourth-order valence-electron chi connectivity index (χ4n) is 3.40. The molecule has 0 unspecified atom stereocenters. The highest BCUT2D eigenvalue weighted by molar-refractivity contribution is 6.30. The average molecular weight is 365 g/mol. The second-order valence-electron chi connectivity index (χ2n) is 6.66. The first-order valence-corrected chi connectivity index (χ1v) is 9.05. The van der Waals surface area contributed by atoms with E-state index >= 15 is 0 Å². The van der Waals surface area contributed by atoms with Crippen molar-refractivity contribution in [3.05, 3.63) is 71.2 Å². The van der Waals surface area contributed by atoms with E-state index in [0.29, 0.717) is 5.82 Å². The molecule has 5 heteroatoms. The third kappa shape index (κ3) is 3.39. The quantitative estimate of drug-likeness (QED) is 0.723. The van der Waals surface area contributed by atoms with Crippen LogP contribution in [-0.4, -0.2) is 30.0 Å². The Balaban J connectivity index is 1.78. The summed E-state index contributed by atoms with van der Waals surface area (Å²) < 4.78 is 0. The first-order valence-electron chi connectivity index (χ1n) is 8.67. The van der Waals surface area contributed by atoms with Crippen LogP contribution < -0.4 is 10.6 Å². The van der Waals surface area contributed by atoms with Crippen molar-refractivity contribution in [2.75, 3.05) is 30.8 Å². The largest absolute Gasteiger partial charge is 0.384 e. The molecule has 0 aliphatic carbocycles. The second kappa shape index (κ2) is 6.98. The summed E-state index contributed by atoms with van der Waals surface area (Å²) in [4.78, 5) is 9.15. The van der Waals surface area contributed by atoms with Gasteiger partial charge in [0.1, 0.15) is 5.82 Å². The Kier molecular flexibility index (Phi) is 4.53. The molecule has 0 bridgehead atoms. The number of hydrogen-bond acceptors (Lipinski definition) is 4. The van der Waals surface area contributed by atoms with Gasteiger partial charge >= 0.3 is 0 Å². The Labute approximate surface area is 158 Å². The highest BCUT2D eigenvalue weighted by Crippen LogP contribution is 2.34. The van der Waals surface area contributed by atoms with E-state index in [1.807, 2.05) is 30.3 Å². The molecule has 2 heterocycles. The molecule has 0 atom stereocenters. The van der Waals surface area contributed by atoms with Crippen LogP contribution in [0, 0.1) is 0 Å². The van der Waals surface area contributed by atoms with Gasteiger partial charge in [-0.15, -0.1) is 0 Å². The number of nitrogens with zero attached hydrogens (tertiary/aromatic N) is 3. The number of nitrogens with two attached hydrogens (primary N) is 1. The molecule has 1 aliphatic heterocycles. The average Bonchev–Trinajstić information content (AvgIpc) is 2.80. The van der Waals surface area contributed by atoms with Gasteiger partial charge in [-0.2, -0.15) is 0 Å². The number of hydrogen-bond donors (Lipinski definition) is 1. The number of halogens is 1. The molecule has 0 fully saturated rings. The monoisotopic (exact) mass is 364 g/mol. The van der Waals surface area contributed by atoms with Crippen LogP contribution in [0.5, 0.6) is 0 Å². The molecule has 0 amide bonds. The van der Waals surface area contributed by atoms with E-state index in [2.05, 4.69) is 52.2 Å². The fraction of sp³-hybridized carbons (Fsp3) is 0.190. The van der Waals surface area contributed by atoms with E-state index in [1.54, 1.807) is 0 Å². The predicted molar refractivity (Wildman–Crippen MR) is 109 cm³/mol. The van der Waals surface area contributed by atoms with E-state index in [9.17, 15) is 0 Å². The molecule has 0 saturated heterocycles. The van der Waals surface area contributed by atoms with Gasteiger partial charge in [0.25, 0.3) is 0 Å². The van der Waals surface area contributed by atoms with E-state index < -0.39 is 0 Å². The summed E-state index contributed by atoms with van der Waals surface area (Å²) >= 11 is 6.06. The van der Waals surface area contributed by atoms with Crippen LogP contribution in [0.15, 0.2) is 60.7 Å². The molecule has 1 aliphatic rings. The molecule has 2 aromatic carbocycles. The molecule has 26 heavy (non-hydrogen) atoms. The Hall–Kier alpha value is -2.56. The predicted octanol–water partition coefficient (Wildman–Crippen LogP) is 4.57. The number of rotatable bonds is 2. The maximum absolute atomic E-state index is 6.06. The SMILES string of the molecule is CN1CCN(c2ccc(Cl)cc2)c2ccc(-c3cccc(N)n3)cc2C1. The van der Waals surface area contributed by atoms with Crippen LogP contribution in [0.3, 0.4) is 0 Å². The van der Waals surface area contributed by atoms with Crippen molar-refractivity contribution in [2.24, 2.45) is 0 Å². The zero-order valence-corrected chi connectivity index (χ0v) is 15.4. The maximum Gasteiger partial charge on any atom is 0.124 e. The van der Waals surface area contributed by atoms with E-state index in [4.69, 9.17) is 17.3 Å². The van der Waals surface area contributed by atoms with Crippen molar-refractivity contribution in [1.29, 1.82) is 0 Å². The minimum absolute atomic E-state index is 0.539. The van der Waals surface area contributed by atoms with Gasteiger partial charge in [-0.1, -0.05) is 23.7 Å². The van der Waals surface area contributed by atoms with E-state index in [0.717, 1.165) is 41.6 Å². The topological polar surface area (TPSA) is 45.4 Å². The van der Waals surface area contributed by atoms with Crippen LogP contribution in [0.4, 0.5) is 17.2 Å². The number of fused-ring (bicyclic) bond motifs is 1. The first-order chi connectivity index (χ1) is 12.6. The lowest BCUT2D eigenvalue weighted by molar-refractivity contribution is 0.343. The van der Waals surface area contributed by atoms with Crippen LogP contribution in [0.25, 0.3) is 11.3 Å². The third-order valence-corrected chi connectivity index (χ3v) is 4.97. The van der Waals surface area contributed by atoms with Gasteiger partial charge in [0, 0.05) is 41.6 Å². The molecule has 0 saturated carbocycles. The molecule has 132 valence electrons. The van der Waals surface area contributed by atoms with Crippen molar-refractivity contribution < 1.29 is 0 Å². The van der Waals surface area contributed by atoms with Crippen LogP contribution in [-0.2, 0) is 6.54 Å². The highest BCUT2D eigenvalue weighted by atomic mass is 35.5. The summed E-state index contributed by atoms with van der Waals surface area (Å²) in [5.74, 6) is 0.539. The summed E-state index contributed by atoms with van der Waals surface area (Å²) in [6, 6.07) is 20.3. The molecule has 0 radical (unpaired) electrons. The van der Waals surface area contributed by atoms with Crippen molar-refractivity contribution in [3.63, 3.8) is 0 Å². The summed E-state index contributed by atoms with van der Waals surface area (Å²) in [6.45, 7) is 2.82. The highest BCUT2D eigenvalue weighted by Gasteiger charge is 2.20. The zero-order valence-electron chi connectivity index (χ0n) is 14.7. The van der Waals surface area contributed by atoms with Gasteiger partial charge in [-0.3, -0.25) is 0 Å². The Morgan fingerprint density at radius 1 is 1.00 bits per heavy atom. The molecule has 1 aromatic heterocycles. The van der Waals surface area contributed by atoms with Crippen molar-refractivity contribution in [2.45, 2.75) is 6.54 Å². The van der Waals surface area contributed by atoms with Gasteiger partial charge < -0.3 is 15.5 Å². The Morgan fingerprint density at radius 2 is 1.81 bits per heavy atom. The standard InChI is InChI=1S/C21H21ClN4/c1-25-11-12-26(18-8-6-17(22)7-9-18)20-10-5-15(13-16(20)14-25)19-3-2-4-21(23)24-19/h2-10,13H,11-12,14H2,1H3,(H2,23,24). The lowest BCUT2D eigenvalue weighted by Gasteiger charge is -2.25. The number of benzene rings is 2. The summed E-state index contributed by atoms with van der Waals surface area (Å²) in [5.41, 5.74) is 11.5. The number of pyridine rings is 1. The maximum atomic E-state index is 6.06. The summed E-state index contributed by atoms with van der Waals surface area (Å²) in [6.07, 6.45) is 0. The fourth-order valence-corrected chi connectivity index (χ4v) is 3.52. The summed E-state index contributed by atoms with van der Waals surface area (Å²) in [5, 5.41) is 0.754.